The maximum atomic E-state index is 6.58. The van der Waals surface area contributed by atoms with Crippen LogP contribution in [0.2, 0.25) is 0 Å². The molecule has 0 saturated heterocycles. The van der Waals surface area contributed by atoms with Gasteiger partial charge in [-0.1, -0.05) is 30.3 Å². The van der Waals surface area contributed by atoms with E-state index >= 15 is 0 Å². The molecule has 1 atom stereocenters. The average Bonchev–Trinajstić information content (AvgIpc) is 2.42. The van der Waals surface area contributed by atoms with Crippen LogP contribution < -0.4 is 10.5 Å². The zero-order valence-corrected chi connectivity index (χ0v) is 12.7. The van der Waals surface area contributed by atoms with Gasteiger partial charge < -0.3 is 10.5 Å². The van der Waals surface area contributed by atoms with Crippen molar-refractivity contribution in [1.29, 1.82) is 0 Å². The van der Waals surface area contributed by atoms with Crippen molar-refractivity contribution in [2.75, 3.05) is 7.11 Å². The summed E-state index contributed by atoms with van der Waals surface area (Å²) in [5, 5.41) is 0. The predicted octanol–water partition coefficient (Wildman–Crippen LogP) is 3.73. The number of ether oxygens (including phenoxy) is 1. The number of hydrogen-bond donors (Lipinski definition) is 1. The minimum atomic E-state index is -0.370. The average molecular weight is 269 g/mol. The van der Waals surface area contributed by atoms with E-state index in [-0.39, 0.29) is 5.54 Å². The van der Waals surface area contributed by atoms with Crippen molar-refractivity contribution in [1.82, 2.24) is 0 Å². The SMILES string of the molecule is COc1ccc(CC(C)(N)c2cccc(C)c2C)cc1. The number of nitrogens with two attached hydrogens (primary N) is 1. The van der Waals surface area contributed by atoms with Gasteiger partial charge in [-0.2, -0.15) is 0 Å². The van der Waals surface area contributed by atoms with Crippen molar-refractivity contribution >= 4 is 0 Å². The number of rotatable bonds is 4. The zero-order valence-electron chi connectivity index (χ0n) is 12.7. The molecule has 2 rings (SSSR count). The van der Waals surface area contributed by atoms with Crippen LogP contribution in [-0.4, -0.2) is 7.11 Å². The van der Waals surface area contributed by atoms with Crippen LogP contribution in [-0.2, 0) is 12.0 Å². The largest absolute Gasteiger partial charge is 0.497 e. The minimum Gasteiger partial charge on any atom is -0.497 e. The van der Waals surface area contributed by atoms with E-state index in [0.29, 0.717) is 0 Å². The summed E-state index contributed by atoms with van der Waals surface area (Å²) < 4.78 is 5.19. The van der Waals surface area contributed by atoms with Gasteiger partial charge in [0.15, 0.2) is 0 Å². The first-order chi connectivity index (χ1) is 9.44. The van der Waals surface area contributed by atoms with Crippen molar-refractivity contribution in [3.63, 3.8) is 0 Å². The fourth-order valence-corrected chi connectivity index (χ4v) is 2.63. The van der Waals surface area contributed by atoms with Gasteiger partial charge in [-0.25, -0.2) is 0 Å². The van der Waals surface area contributed by atoms with Crippen molar-refractivity contribution in [3.8, 4) is 5.75 Å². The summed E-state index contributed by atoms with van der Waals surface area (Å²) in [6.07, 6.45) is 0.807. The smallest absolute Gasteiger partial charge is 0.118 e. The minimum absolute atomic E-state index is 0.370. The number of methoxy groups -OCH3 is 1. The van der Waals surface area contributed by atoms with Crippen LogP contribution in [0.3, 0.4) is 0 Å². The normalized spacial score (nSPS) is 13.8. The summed E-state index contributed by atoms with van der Waals surface area (Å²) in [5.74, 6) is 0.874. The molecule has 0 radical (unpaired) electrons. The Balaban J connectivity index is 2.27. The lowest BCUT2D eigenvalue weighted by atomic mass is 9.83. The van der Waals surface area contributed by atoms with Gasteiger partial charge >= 0.3 is 0 Å². The molecule has 0 bridgehead atoms. The summed E-state index contributed by atoms with van der Waals surface area (Å²) in [6, 6.07) is 14.5. The van der Waals surface area contributed by atoms with E-state index in [0.717, 1.165) is 12.2 Å². The van der Waals surface area contributed by atoms with Gasteiger partial charge in [0.25, 0.3) is 0 Å². The lowest BCUT2D eigenvalue weighted by molar-refractivity contribution is 0.414. The Morgan fingerprint density at radius 3 is 2.30 bits per heavy atom. The highest BCUT2D eigenvalue weighted by Crippen LogP contribution is 2.27. The van der Waals surface area contributed by atoms with Gasteiger partial charge in [0, 0.05) is 5.54 Å². The van der Waals surface area contributed by atoms with Crippen LogP contribution in [0.5, 0.6) is 5.75 Å². The Labute approximate surface area is 121 Å². The molecule has 2 heteroatoms. The fourth-order valence-electron chi connectivity index (χ4n) is 2.63. The molecular formula is C18H23NO. The number of benzene rings is 2. The Bertz CT molecular complexity index is 585. The van der Waals surface area contributed by atoms with Crippen LogP contribution in [0.1, 0.15) is 29.2 Å². The monoisotopic (exact) mass is 269 g/mol. The van der Waals surface area contributed by atoms with Crippen LogP contribution in [0, 0.1) is 13.8 Å². The molecule has 2 N–H and O–H groups in total. The van der Waals surface area contributed by atoms with Crippen LogP contribution in [0.4, 0.5) is 0 Å². The molecule has 0 aliphatic rings. The van der Waals surface area contributed by atoms with E-state index in [1.807, 2.05) is 12.1 Å². The molecule has 0 spiro atoms. The summed E-state index contributed by atoms with van der Waals surface area (Å²) in [7, 11) is 1.68. The molecular weight excluding hydrogens is 246 g/mol. The van der Waals surface area contributed by atoms with E-state index < -0.39 is 0 Å². The topological polar surface area (TPSA) is 35.2 Å². The fraction of sp³-hybridized carbons (Fsp3) is 0.333. The van der Waals surface area contributed by atoms with E-state index in [9.17, 15) is 0 Å². The van der Waals surface area contributed by atoms with Crippen LogP contribution >= 0.6 is 0 Å². The molecule has 1 unspecified atom stereocenters. The maximum Gasteiger partial charge on any atom is 0.118 e. The number of aryl methyl sites for hydroxylation is 1. The zero-order chi connectivity index (χ0) is 14.8. The Hall–Kier alpha value is -1.80. The molecule has 0 aliphatic carbocycles. The molecule has 0 amide bonds. The summed E-state index contributed by atoms with van der Waals surface area (Å²) in [6.45, 7) is 6.37. The molecule has 20 heavy (non-hydrogen) atoms. The van der Waals surface area contributed by atoms with E-state index in [1.165, 1.54) is 22.3 Å². The van der Waals surface area contributed by atoms with Crippen molar-refractivity contribution in [2.24, 2.45) is 5.73 Å². The third-order valence-electron chi connectivity index (χ3n) is 3.95. The van der Waals surface area contributed by atoms with Crippen LogP contribution in [0.25, 0.3) is 0 Å². The molecule has 2 aromatic carbocycles. The van der Waals surface area contributed by atoms with Crippen LogP contribution in [0.15, 0.2) is 42.5 Å². The molecule has 106 valence electrons. The molecule has 0 heterocycles. The van der Waals surface area contributed by atoms with Crippen molar-refractivity contribution < 1.29 is 4.74 Å². The maximum absolute atomic E-state index is 6.58. The second-order valence-corrected chi connectivity index (χ2v) is 5.69. The van der Waals surface area contributed by atoms with Gasteiger partial charge in [0.2, 0.25) is 0 Å². The van der Waals surface area contributed by atoms with Gasteiger partial charge in [0.1, 0.15) is 5.75 Å². The standard InChI is InChI=1S/C18H23NO/c1-13-6-5-7-17(14(13)2)18(3,19)12-15-8-10-16(20-4)11-9-15/h5-11H,12,19H2,1-4H3. The van der Waals surface area contributed by atoms with Gasteiger partial charge in [-0.15, -0.1) is 0 Å². The predicted molar refractivity (Wildman–Crippen MR) is 84.2 cm³/mol. The van der Waals surface area contributed by atoms with Crippen molar-refractivity contribution in [3.05, 3.63) is 64.7 Å². The summed E-state index contributed by atoms with van der Waals surface area (Å²) in [4.78, 5) is 0. The Kier molecular flexibility index (Phi) is 4.15. The first kappa shape index (κ1) is 14.6. The van der Waals surface area contributed by atoms with E-state index in [2.05, 4.69) is 51.1 Å². The van der Waals surface area contributed by atoms with Gasteiger partial charge in [-0.05, 0) is 61.6 Å². The third-order valence-corrected chi connectivity index (χ3v) is 3.95. The van der Waals surface area contributed by atoms with Crippen molar-refractivity contribution in [2.45, 2.75) is 32.7 Å². The Morgan fingerprint density at radius 2 is 1.70 bits per heavy atom. The third kappa shape index (κ3) is 3.02. The first-order valence-corrected chi connectivity index (χ1v) is 6.92. The lowest BCUT2D eigenvalue weighted by Crippen LogP contribution is -2.36. The molecule has 0 aliphatic heterocycles. The Morgan fingerprint density at radius 1 is 1.05 bits per heavy atom. The highest BCUT2D eigenvalue weighted by atomic mass is 16.5. The molecule has 0 fully saturated rings. The molecule has 2 aromatic rings. The second kappa shape index (κ2) is 5.68. The van der Waals surface area contributed by atoms with E-state index in [4.69, 9.17) is 10.5 Å². The van der Waals surface area contributed by atoms with Gasteiger partial charge in [-0.3, -0.25) is 0 Å². The number of hydrogen-bond acceptors (Lipinski definition) is 2. The summed E-state index contributed by atoms with van der Waals surface area (Å²) >= 11 is 0. The van der Waals surface area contributed by atoms with Gasteiger partial charge in [0.05, 0.1) is 7.11 Å². The first-order valence-electron chi connectivity index (χ1n) is 6.92. The molecule has 0 saturated carbocycles. The quantitative estimate of drug-likeness (QED) is 0.918. The highest BCUT2D eigenvalue weighted by Gasteiger charge is 2.23. The molecule has 0 aromatic heterocycles. The summed E-state index contributed by atoms with van der Waals surface area (Å²) in [5.41, 5.74) is 11.2. The second-order valence-electron chi connectivity index (χ2n) is 5.69. The van der Waals surface area contributed by atoms with E-state index in [1.54, 1.807) is 7.11 Å². The lowest BCUT2D eigenvalue weighted by Gasteiger charge is -2.28. The highest BCUT2D eigenvalue weighted by molar-refractivity contribution is 5.39. The molecule has 2 nitrogen and oxygen atoms in total.